The topological polar surface area (TPSA) is 90.4 Å². The molecule has 0 saturated heterocycles. The van der Waals surface area contributed by atoms with E-state index in [1.165, 1.54) is 0 Å². The van der Waals surface area contributed by atoms with Crippen LogP contribution >= 0.6 is 0 Å². The number of nitro benzene ring substituents is 1. The van der Waals surface area contributed by atoms with E-state index in [2.05, 4.69) is 5.32 Å². The third kappa shape index (κ3) is 4.75. The molecule has 1 unspecified atom stereocenters. The van der Waals surface area contributed by atoms with Crippen molar-refractivity contribution in [3.63, 3.8) is 0 Å². The average molecular weight is 267 g/mol. The number of nitrogens with two attached hydrogens (primary N) is 1. The smallest absolute Gasteiger partial charge is 0.333 e. The van der Waals surface area contributed by atoms with Gasteiger partial charge in [0.25, 0.3) is 0 Å². The molecule has 0 bridgehead atoms. The van der Waals surface area contributed by atoms with Gasteiger partial charge < -0.3 is 15.8 Å². The first kappa shape index (κ1) is 15.2. The Hall–Kier alpha value is -1.82. The van der Waals surface area contributed by atoms with Crippen molar-refractivity contribution < 1.29 is 9.66 Å². The van der Waals surface area contributed by atoms with E-state index in [9.17, 15) is 10.1 Å². The monoisotopic (exact) mass is 267 g/mol. The van der Waals surface area contributed by atoms with Crippen LogP contribution in [0.2, 0.25) is 0 Å². The minimum Gasteiger partial charge on any atom is -0.487 e. The zero-order chi connectivity index (χ0) is 14.3. The lowest BCUT2D eigenvalue weighted by molar-refractivity contribution is -0.385. The van der Waals surface area contributed by atoms with E-state index in [0.29, 0.717) is 24.6 Å². The molecule has 0 aliphatic heterocycles. The third-order valence-corrected chi connectivity index (χ3v) is 2.56. The Morgan fingerprint density at radius 3 is 2.84 bits per heavy atom. The van der Waals surface area contributed by atoms with Crippen LogP contribution in [0, 0.1) is 10.1 Å². The summed E-state index contributed by atoms with van der Waals surface area (Å²) < 4.78 is 5.41. The molecule has 3 N–H and O–H groups in total. The van der Waals surface area contributed by atoms with E-state index in [1.54, 1.807) is 18.2 Å². The highest BCUT2D eigenvalue weighted by Crippen LogP contribution is 2.34. The summed E-state index contributed by atoms with van der Waals surface area (Å²) in [5, 5.41) is 14.2. The van der Waals surface area contributed by atoms with Crippen molar-refractivity contribution in [1.29, 1.82) is 0 Å². The molecule has 0 spiro atoms. The Kier molecular flexibility index (Phi) is 6.08. The lowest BCUT2D eigenvalue weighted by atomic mass is 10.2. The summed E-state index contributed by atoms with van der Waals surface area (Å²) in [5.41, 5.74) is 6.11. The molecule has 6 nitrogen and oxygen atoms in total. The fourth-order valence-corrected chi connectivity index (χ4v) is 1.62. The number of nitrogens with zero attached hydrogens (tertiary/aromatic N) is 1. The Morgan fingerprint density at radius 1 is 1.53 bits per heavy atom. The molecule has 0 saturated carbocycles. The molecule has 0 heterocycles. The maximum Gasteiger partial charge on any atom is 0.333 e. The molecule has 19 heavy (non-hydrogen) atoms. The first-order valence-electron chi connectivity index (χ1n) is 6.46. The lowest BCUT2D eigenvalue weighted by Gasteiger charge is -2.11. The highest BCUT2D eigenvalue weighted by atomic mass is 16.6. The summed E-state index contributed by atoms with van der Waals surface area (Å²) >= 11 is 0. The summed E-state index contributed by atoms with van der Waals surface area (Å²) in [6.45, 7) is 4.91. The first-order chi connectivity index (χ1) is 9.06. The SMILES string of the molecule is CCCOc1cccc(NCCC(C)N)c1[N+](=O)[O-]. The number of hydrogen-bond acceptors (Lipinski definition) is 5. The summed E-state index contributed by atoms with van der Waals surface area (Å²) in [6.07, 6.45) is 1.55. The second-order valence-corrected chi connectivity index (χ2v) is 4.45. The van der Waals surface area contributed by atoms with Crippen molar-refractivity contribution >= 4 is 11.4 Å². The molecular formula is C13H21N3O3. The van der Waals surface area contributed by atoms with Crippen molar-refractivity contribution in [2.24, 2.45) is 5.73 Å². The van der Waals surface area contributed by atoms with Gasteiger partial charge in [-0.15, -0.1) is 0 Å². The number of nitrogens with one attached hydrogen (secondary N) is 1. The maximum atomic E-state index is 11.2. The van der Waals surface area contributed by atoms with Gasteiger partial charge in [-0.1, -0.05) is 13.0 Å². The van der Waals surface area contributed by atoms with Crippen LogP contribution in [0.3, 0.4) is 0 Å². The standard InChI is InChI=1S/C13H21N3O3/c1-3-9-19-12-6-4-5-11(13(12)16(17)18)15-8-7-10(2)14/h4-6,10,15H,3,7-9,14H2,1-2H3. The first-order valence-corrected chi connectivity index (χ1v) is 6.46. The summed E-state index contributed by atoms with van der Waals surface area (Å²) in [4.78, 5) is 10.7. The molecule has 0 radical (unpaired) electrons. The van der Waals surface area contributed by atoms with Gasteiger partial charge in [0.05, 0.1) is 11.5 Å². The molecule has 0 aliphatic rings. The minimum absolute atomic E-state index is 0.0133. The minimum atomic E-state index is -0.417. The zero-order valence-electron chi connectivity index (χ0n) is 11.4. The Balaban J connectivity index is 2.86. The van der Waals surface area contributed by atoms with E-state index in [-0.39, 0.29) is 11.7 Å². The number of ether oxygens (including phenoxy) is 1. The van der Waals surface area contributed by atoms with Crippen LogP contribution in [0.15, 0.2) is 18.2 Å². The van der Waals surface area contributed by atoms with Gasteiger partial charge in [-0.25, -0.2) is 0 Å². The number of rotatable bonds is 8. The molecule has 6 heteroatoms. The van der Waals surface area contributed by atoms with E-state index in [1.807, 2.05) is 13.8 Å². The molecule has 0 aliphatic carbocycles. The van der Waals surface area contributed by atoms with Gasteiger partial charge in [-0.2, -0.15) is 0 Å². The molecule has 0 amide bonds. The van der Waals surface area contributed by atoms with E-state index < -0.39 is 4.92 Å². The van der Waals surface area contributed by atoms with Crippen LogP contribution in [-0.4, -0.2) is 24.1 Å². The number of hydrogen-bond donors (Lipinski definition) is 2. The second-order valence-electron chi connectivity index (χ2n) is 4.45. The van der Waals surface area contributed by atoms with Crippen LogP contribution in [0.4, 0.5) is 11.4 Å². The van der Waals surface area contributed by atoms with Crippen molar-refractivity contribution in [2.75, 3.05) is 18.5 Å². The van der Waals surface area contributed by atoms with Crippen LogP contribution in [0.5, 0.6) is 5.75 Å². The average Bonchev–Trinajstić information content (AvgIpc) is 2.35. The van der Waals surface area contributed by atoms with Crippen molar-refractivity contribution in [1.82, 2.24) is 0 Å². The molecule has 1 atom stereocenters. The number of anilines is 1. The summed E-state index contributed by atoms with van der Waals surface area (Å²) in [7, 11) is 0. The van der Waals surface area contributed by atoms with Crippen molar-refractivity contribution in [2.45, 2.75) is 32.7 Å². The van der Waals surface area contributed by atoms with Gasteiger partial charge in [0, 0.05) is 12.6 Å². The Labute approximate surface area is 113 Å². The lowest BCUT2D eigenvalue weighted by Crippen LogP contribution is -2.19. The molecule has 1 rings (SSSR count). The molecular weight excluding hydrogens is 246 g/mol. The van der Waals surface area contributed by atoms with Crippen molar-refractivity contribution in [3.8, 4) is 5.75 Å². The number of para-hydroxylation sites is 1. The molecule has 0 aromatic heterocycles. The Bertz CT molecular complexity index is 422. The van der Waals surface area contributed by atoms with E-state index in [0.717, 1.165) is 12.8 Å². The van der Waals surface area contributed by atoms with Crippen LogP contribution in [0.1, 0.15) is 26.7 Å². The predicted molar refractivity (Wildman–Crippen MR) is 75.6 cm³/mol. The van der Waals surface area contributed by atoms with E-state index in [4.69, 9.17) is 10.5 Å². The second kappa shape index (κ2) is 7.58. The predicted octanol–water partition coefficient (Wildman–Crippen LogP) is 2.53. The third-order valence-electron chi connectivity index (χ3n) is 2.56. The Morgan fingerprint density at radius 2 is 2.26 bits per heavy atom. The van der Waals surface area contributed by atoms with Gasteiger partial charge in [0.1, 0.15) is 5.69 Å². The summed E-state index contributed by atoms with van der Waals surface area (Å²) in [6, 6.07) is 5.10. The van der Waals surface area contributed by atoms with Crippen LogP contribution in [0.25, 0.3) is 0 Å². The normalized spacial score (nSPS) is 11.9. The molecule has 1 aromatic carbocycles. The largest absolute Gasteiger partial charge is 0.487 e. The molecule has 106 valence electrons. The highest BCUT2D eigenvalue weighted by molar-refractivity contribution is 5.68. The van der Waals surface area contributed by atoms with Gasteiger partial charge in [0.15, 0.2) is 5.75 Å². The fourth-order valence-electron chi connectivity index (χ4n) is 1.62. The molecule has 0 fully saturated rings. The van der Waals surface area contributed by atoms with E-state index >= 15 is 0 Å². The van der Waals surface area contributed by atoms with Crippen LogP contribution in [-0.2, 0) is 0 Å². The maximum absolute atomic E-state index is 11.2. The quantitative estimate of drug-likeness (QED) is 0.558. The van der Waals surface area contributed by atoms with Gasteiger partial charge >= 0.3 is 5.69 Å². The summed E-state index contributed by atoms with van der Waals surface area (Å²) in [5.74, 6) is 0.303. The van der Waals surface area contributed by atoms with Gasteiger partial charge in [-0.3, -0.25) is 10.1 Å². The fraction of sp³-hybridized carbons (Fsp3) is 0.538. The van der Waals surface area contributed by atoms with Crippen LogP contribution < -0.4 is 15.8 Å². The van der Waals surface area contributed by atoms with Gasteiger partial charge in [0.2, 0.25) is 0 Å². The molecule has 1 aromatic rings. The number of benzene rings is 1. The van der Waals surface area contributed by atoms with Gasteiger partial charge in [-0.05, 0) is 31.9 Å². The highest BCUT2D eigenvalue weighted by Gasteiger charge is 2.20. The van der Waals surface area contributed by atoms with Crippen molar-refractivity contribution in [3.05, 3.63) is 28.3 Å². The zero-order valence-corrected chi connectivity index (χ0v) is 11.4. The number of nitro groups is 1.